The highest BCUT2D eigenvalue weighted by atomic mass is 16.5. The molecule has 0 spiro atoms. The number of hydrogen-bond donors (Lipinski definition) is 4. The third-order valence-electron chi connectivity index (χ3n) is 5.11. The molecule has 0 aliphatic heterocycles. The fourth-order valence-corrected chi connectivity index (χ4v) is 3.50. The van der Waals surface area contributed by atoms with Gasteiger partial charge in [-0.2, -0.15) is 0 Å². The number of para-hydroxylation sites is 1. The fraction of sp³-hybridized carbons (Fsp3) is 0.250. The quantitative estimate of drug-likeness (QED) is 0.320. The summed E-state index contributed by atoms with van der Waals surface area (Å²) >= 11 is 0. The molecule has 0 aliphatic rings. The molecular weight excluding hydrogens is 452 g/mol. The van der Waals surface area contributed by atoms with Crippen LogP contribution in [0.3, 0.4) is 0 Å². The van der Waals surface area contributed by atoms with Crippen molar-refractivity contribution in [1.82, 2.24) is 14.9 Å². The minimum atomic E-state index is -0.726. The standard InChI is InChI=1S/C24H28N6O5/c1-35-14-8-13-29(16-19(31)27-23(33)26-18-11-6-3-7-12-18)20-21(25)30(24(34)28-22(20)32)15-17-9-4-2-5-10-17/h2-7,9-12H,8,13-16,25H2,1H3,(H,28,32,34)(H2,26,27,31,33). The number of carbonyl (C=O) groups excluding carboxylic acids is 2. The van der Waals surface area contributed by atoms with E-state index in [-0.39, 0.29) is 31.1 Å². The molecule has 35 heavy (non-hydrogen) atoms. The molecule has 0 radical (unpaired) electrons. The Morgan fingerprint density at radius 2 is 1.71 bits per heavy atom. The highest BCUT2D eigenvalue weighted by molar-refractivity contribution is 6.02. The molecule has 3 aromatic rings. The molecule has 0 saturated carbocycles. The zero-order chi connectivity index (χ0) is 25.2. The summed E-state index contributed by atoms with van der Waals surface area (Å²) in [6.45, 7) is 0.377. The van der Waals surface area contributed by atoms with Crippen molar-refractivity contribution in [2.45, 2.75) is 13.0 Å². The van der Waals surface area contributed by atoms with E-state index in [0.717, 1.165) is 5.56 Å². The first-order valence-corrected chi connectivity index (χ1v) is 11.0. The van der Waals surface area contributed by atoms with E-state index in [2.05, 4.69) is 15.6 Å². The van der Waals surface area contributed by atoms with E-state index in [0.29, 0.717) is 18.7 Å². The van der Waals surface area contributed by atoms with Crippen molar-refractivity contribution in [3.05, 3.63) is 87.1 Å². The number of nitrogens with one attached hydrogen (secondary N) is 3. The van der Waals surface area contributed by atoms with Crippen LogP contribution in [-0.2, 0) is 16.1 Å². The van der Waals surface area contributed by atoms with Crippen molar-refractivity contribution >= 4 is 29.1 Å². The first kappa shape index (κ1) is 25.2. The van der Waals surface area contributed by atoms with E-state index >= 15 is 0 Å². The van der Waals surface area contributed by atoms with Gasteiger partial charge in [-0.1, -0.05) is 48.5 Å². The summed E-state index contributed by atoms with van der Waals surface area (Å²) in [5.74, 6) is -0.739. The van der Waals surface area contributed by atoms with Crippen molar-refractivity contribution in [2.24, 2.45) is 0 Å². The average molecular weight is 481 g/mol. The number of rotatable bonds is 10. The number of anilines is 3. The van der Waals surface area contributed by atoms with Crippen molar-refractivity contribution in [3.8, 4) is 0 Å². The van der Waals surface area contributed by atoms with Crippen molar-refractivity contribution in [3.63, 3.8) is 0 Å². The highest BCUT2D eigenvalue weighted by Crippen LogP contribution is 2.18. The predicted octanol–water partition coefficient (Wildman–Crippen LogP) is 1.36. The van der Waals surface area contributed by atoms with Gasteiger partial charge in [0.2, 0.25) is 5.91 Å². The average Bonchev–Trinajstić information content (AvgIpc) is 2.82. The number of hydrogen-bond acceptors (Lipinski definition) is 7. The Hall–Kier alpha value is -4.38. The molecule has 0 atom stereocenters. The number of aromatic amines is 1. The van der Waals surface area contributed by atoms with Crippen LogP contribution in [0.1, 0.15) is 12.0 Å². The Balaban J connectivity index is 1.83. The molecule has 0 unspecified atom stereocenters. The van der Waals surface area contributed by atoms with E-state index in [1.54, 1.807) is 30.3 Å². The monoisotopic (exact) mass is 480 g/mol. The molecule has 5 N–H and O–H groups in total. The fourth-order valence-electron chi connectivity index (χ4n) is 3.50. The predicted molar refractivity (Wildman–Crippen MR) is 134 cm³/mol. The number of ether oxygens (including phenoxy) is 1. The molecule has 0 fully saturated rings. The van der Waals surface area contributed by atoms with Gasteiger partial charge in [-0.25, -0.2) is 9.59 Å². The maximum atomic E-state index is 12.8. The number of H-pyrrole nitrogens is 1. The minimum absolute atomic E-state index is 0.0322. The minimum Gasteiger partial charge on any atom is -0.385 e. The second-order valence-electron chi connectivity index (χ2n) is 7.70. The summed E-state index contributed by atoms with van der Waals surface area (Å²) in [7, 11) is 1.53. The van der Waals surface area contributed by atoms with Crippen LogP contribution in [0.2, 0.25) is 0 Å². The lowest BCUT2D eigenvalue weighted by Crippen LogP contribution is -2.45. The van der Waals surface area contributed by atoms with Crippen LogP contribution in [0.15, 0.2) is 70.3 Å². The van der Waals surface area contributed by atoms with E-state index in [1.165, 1.54) is 16.6 Å². The second kappa shape index (κ2) is 12.2. The third-order valence-corrected chi connectivity index (χ3v) is 5.11. The number of nitrogens with two attached hydrogens (primary N) is 1. The number of nitrogen functional groups attached to an aromatic ring is 1. The van der Waals surface area contributed by atoms with Crippen LogP contribution in [0.4, 0.5) is 22.0 Å². The lowest BCUT2D eigenvalue weighted by molar-refractivity contribution is -0.118. The van der Waals surface area contributed by atoms with Crippen LogP contribution in [0.25, 0.3) is 0 Å². The van der Waals surface area contributed by atoms with Crippen LogP contribution in [0.5, 0.6) is 0 Å². The molecule has 3 amide bonds. The molecule has 0 saturated heterocycles. The van der Waals surface area contributed by atoms with Gasteiger partial charge in [0.05, 0.1) is 13.1 Å². The van der Waals surface area contributed by atoms with Gasteiger partial charge in [0.25, 0.3) is 5.56 Å². The molecule has 3 rings (SSSR count). The molecule has 184 valence electrons. The normalized spacial score (nSPS) is 10.5. The van der Waals surface area contributed by atoms with Crippen LogP contribution in [0, 0.1) is 0 Å². The number of benzene rings is 2. The third kappa shape index (κ3) is 7.05. The highest BCUT2D eigenvalue weighted by Gasteiger charge is 2.22. The largest absolute Gasteiger partial charge is 0.385 e. The molecular formula is C24H28N6O5. The van der Waals surface area contributed by atoms with E-state index in [4.69, 9.17) is 10.5 Å². The van der Waals surface area contributed by atoms with Crippen molar-refractivity contribution in [1.29, 1.82) is 0 Å². The Morgan fingerprint density at radius 1 is 1.06 bits per heavy atom. The lowest BCUT2D eigenvalue weighted by atomic mass is 10.2. The molecule has 0 bridgehead atoms. The van der Waals surface area contributed by atoms with Gasteiger partial charge < -0.3 is 20.7 Å². The lowest BCUT2D eigenvalue weighted by Gasteiger charge is -2.25. The Labute approximate surface area is 201 Å². The van der Waals surface area contributed by atoms with Gasteiger partial charge in [-0.05, 0) is 24.1 Å². The smallest absolute Gasteiger partial charge is 0.330 e. The topological polar surface area (TPSA) is 152 Å². The first-order valence-electron chi connectivity index (χ1n) is 11.0. The van der Waals surface area contributed by atoms with Crippen molar-refractivity contribution in [2.75, 3.05) is 42.8 Å². The van der Waals surface area contributed by atoms with E-state index < -0.39 is 23.2 Å². The van der Waals surface area contributed by atoms with Crippen LogP contribution < -0.4 is 32.5 Å². The summed E-state index contributed by atoms with van der Waals surface area (Å²) < 4.78 is 6.31. The second-order valence-corrected chi connectivity index (χ2v) is 7.70. The molecule has 2 aromatic carbocycles. The maximum Gasteiger partial charge on any atom is 0.330 e. The first-order chi connectivity index (χ1) is 16.9. The number of urea groups is 1. The number of carbonyl (C=O) groups is 2. The maximum absolute atomic E-state index is 12.8. The SMILES string of the molecule is COCCCN(CC(=O)NC(=O)Nc1ccccc1)c1c(N)n(Cc2ccccc2)c(=O)[nH]c1=O. The molecule has 1 heterocycles. The van der Waals surface area contributed by atoms with Gasteiger partial charge in [-0.15, -0.1) is 0 Å². The van der Waals surface area contributed by atoms with Gasteiger partial charge in [0.15, 0.2) is 0 Å². The van der Waals surface area contributed by atoms with E-state index in [9.17, 15) is 19.2 Å². The van der Waals surface area contributed by atoms with Crippen molar-refractivity contribution < 1.29 is 14.3 Å². The molecule has 11 heteroatoms. The van der Waals surface area contributed by atoms with Crippen LogP contribution >= 0.6 is 0 Å². The number of methoxy groups -OCH3 is 1. The summed E-state index contributed by atoms with van der Waals surface area (Å²) in [6, 6.07) is 17.1. The van der Waals surface area contributed by atoms with Gasteiger partial charge in [0, 0.05) is 25.9 Å². The Morgan fingerprint density at radius 3 is 2.37 bits per heavy atom. The molecule has 11 nitrogen and oxygen atoms in total. The van der Waals surface area contributed by atoms with E-state index in [1.807, 2.05) is 30.3 Å². The van der Waals surface area contributed by atoms with Gasteiger partial charge in [-0.3, -0.25) is 24.5 Å². The summed E-state index contributed by atoms with van der Waals surface area (Å²) in [5, 5.41) is 4.80. The van der Waals surface area contributed by atoms with Gasteiger partial charge >= 0.3 is 11.7 Å². The number of imide groups is 1. The summed E-state index contributed by atoms with van der Waals surface area (Å²) in [4.78, 5) is 53.8. The number of nitrogens with zero attached hydrogens (tertiary/aromatic N) is 2. The Kier molecular flexibility index (Phi) is 8.79. The van der Waals surface area contributed by atoms with Gasteiger partial charge in [0.1, 0.15) is 11.5 Å². The van der Waals surface area contributed by atoms with Crippen LogP contribution in [-0.4, -0.2) is 48.3 Å². The molecule has 0 aliphatic carbocycles. The Bertz CT molecular complexity index is 1260. The number of aromatic nitrogens is 2. The summed E-state index contributed by atoms with van der Waals surface area (Å²) in [5.41, 5.74) is 6.18. The molecule has 1 aromatic heterocycles. The zero-order valence-corrected chi connectivity index (χ0v) is 19.3. The zero-order valence-electron chi connectivity index (χ0n) is 19.3. The number of amides is 3. The summed E-state index contributed by atoms with van der Waals surface area (Å²) in [6.07, 6.45) is 0.469.